The summed E-state index contributed by atoms with van der Waals surface area (Å²) in [7, 11) is 3.99. The number of fused-ring (bicyclic) bond motifs is 1. The number of anilines is 1. The van der Waals surface area contributed by atoms with Crippen molar-refractivity contribution in [2.45, 2.75) is 13.5 Å². The average Bonchev–Trinajstić information content (AvgIpc) is 2.83. The third-order valence-corrected chi connectivity index (χ3v) is 5.50. The molecule has 0 saturated heterocycles. The van der Waals surface area contributed by atoms with Crippen LogP contribution in [0.5, 0.6) is 0 Å². The fourth-order valence-electron chi connectivity index (χ4n) is 3.69. The molecule has 6 nitrogen and oxygen atoms in total. The normalized spacial score (nSPS) is 10.8. The summed E-state index contributed by atoms with van der Waals surface area (Å²) >= 11 is 0. The van der Waals surface area contributed by atoms with Gasteiger partial charge in [0.25, 0.3) is 11.5 Å². The molecule has 1 heterocycles. The van der Waals surface area contributed by atoms with Crippen molar-refractivity contribution in [1.82, 2.24) is 14.7 Å². The van der Waals surface area contributed by atoms with Gasteiger partial charge in [-0.05, 0) is 42.8 Å². The predicted octanol–water partition coefficient (Wildman–Crippen LogP) is 4.11. The molecule has 32 heavy (non-hydrogen) atoms. The van der Waals surface area contributed by atoms with Gasteiger partial charge in [0.1, 0.15) is 0 Å². The van der Waals surface area contributed by atoms with Crippen molar-refractivity contribution in [2.75, 3.05) is 25.5 Å². The third-order valence-electron chi connectivity index (χ3n) is 5.50. The van der Waals surface area contributed by atoms with Crippen LogP contribution < -0.4 is 10.5 Å². The van der Waals surface area contributed by atoms with E-state index in [0.29, 0.717) is 29.5 Å². The number of rotatable bonds is 6. The maximum absolute atomic E-state index is 13.6. The Morgan fingerprint density at radius 2 is 1.50 bits per heavy atom. The molecule has 0 radical (unpaired) electrons. The van der Waals surface area contributed by atoms with Gasteiger partial charge in [-0.25, -0.2) is 0 Å². The van der Waals surface area contributed by atoms with Crippen LogP contribution in [-0.2, 0) is 6.54 Å². The molecule has 0 bridgehead atoms. The third kappa shape index (κ3) is 4.12. The summed E-state index contributed by atoms with van der Waals surface area (Å²) in [5.41, 5.74) is 2.79. The zero-order chi connectivity index (χ0) is 22.7. The summed E-state index contributed by atoms with van der Waals surface area (Å²) in [6.45, 7) is 2.93. The Morgan fingerprint density at radius 1 is 0.875 bits per heavy atom. The number of amides is 1. The molecule has 6 heteroatoms. The van der Waals surface area contributed by atoms with E-state index in [1.807, 2.05) is 74.4 Å². The zero-order valence-corrected chi connectivity index (χ0v) is 18.5. The Hall–Kier alpha value is -3.93. The van der Waals surface area contributed by atoms with Crippen LogP contribution in [0.4, 0.5) is 5.69 Å². The van der Waals surface area contributed by atoms with Crippen molar-refractivity contribution >= 4 is 22.4 Å². The van der Waals surface area contributed by atoms with E-state index >= 15 is 0 Å². The van der Waals surface area contributed by atoms with Gasteiger partial charge in [-0.2, -0.15) is 9.78 Å². The topological polar surface area (TPSA) is 58.4 Å². The molecule has 162 valence electrons. The molecule has 0 fully saturated rings. The molecule has 0 unspecified atom stereocenters. The smallest absolute Gasteiger partial charge is 0.279 e. The van der Waals surface area contributed by atoms with Crippen LogP contribution in [0.25, 0.3) is 16.5 Å². The van der Waals surface area contributed by atoms with Crippen LogP contribution in [0, 0.1) is 0 Å². The molecule has 0 aliphatic heterocycles. The SMILES string of the molecule is CCN(Cc1ccc(N(C)C)cc1)C(=O)c1nn(-c2ccccc2)c(=O)c2ccccc12. The minimum atomic E-state index is -0.245. The van der Waals surface area contributed by atoms with E-state index in [4.69, 9.17) is 0 Å². The Labute approximate surface area is 187 Å². The number of hydrogen-bond donors (Lipinski definition) is 0. The number of benzene rings is 3. The highest BCUT2D eigenvalue weighted by Crippen LogP contribution is 2.19. The molecular formula is C26H26N4O2. The average molecular weight is 427 g/mol. The van der Waals surface area contributed by atoms with Crippen LogP contribution >= 0.6 is 0 Å². The van der Waals surface area contributed by atoms with Crippen LogP contribution in [0.1, 0.15) is 23.0 Å². The first kappa shape index (κ1) is 21.3. The van der Waals surface area contributed by atoms with E-state index in [2.05, 4.69) is 5.10 Å². The van der Waals surface area contributed by atoms with Crippen molar-refractivity contribution < 1.29 is 4.79 Å². The van der Waals surface area contributed by atoms with Crippen molar-refractivity contribution in [3.8, 4) is 5.69 Å². The summed E-state index contributed by atoms with van der Waals surface area (Å²) < 4.78 is 1.31. The molecule has 3 aromatic carbocycles. The predicted molar refractivity (Wildman–Crippen MR) is 129 cm³/mol. The van der Waals surface area contributed by atoms with Gasteiger partial charge in [0.15, 0.2) is 5.69 Å². The van der Waals surface area contributed by atoms with Crippen LogP contribution in [0.3, 0.4) is 0 Å². The van der Waals surface area contributed by atoms with E-state index in [0.717, 1.165) is 11.3 Å². The van der Waals surface area contributed by atoms with Crippen molar-refractivity contribution in [1.29, 1.82) is 0 Å². The van der Waals surface area contributed by atoms with Gasteiger partial charge in [0.2, 0.25) is 0 Å². The second-order valence-electron chi connectivity index (χ2n) is 7.83. The first-order valence-electron chi connectivity index (χ1n) is 10.6. The molecular weight excluding hydrogens is 400 g/mol. The number of carbonyl (C=O) groups excluding carboxylic acids is 1. The molecule has 0 aliphatic rings. The first-order chi connectivity index (χ1) is 15.5. The van der Waals surface area contributed by atoms with Crippen LogP contribution in [0.15, 0.2) is 83.7 Å². The summed E-state index contributed by atoms with van der Waals surface area (Å²) in [5, 5.41) is 5.56. The van der Waals surface area contributed by atoms with Crippen molar-refractivity contribution in [3.63, 3.8) is 0 Å². The highest BCUT2D eigenvalue weighted by atomic mass is 16.2. The Kier molecular flexibility index (Phi) is 6.03. The molecule has 1 aromatic heterocycles. The van der Waals surface area contributed by atoms with Crippen LogP contribution in [-0.4, -0.2) is 41.2 Å². The van der Waals surface area contributed by atoms with Crippen LogP contribution in [0.2, 0.25) is 0 Å². The Balaban J connectivity index is 1.76. The van der Waals surface area contributed by atoms with Gasteiger partial charge in [-0.1, -0.05) is 48.5 Å². The fourth-order valence-corrected chi connectivity index (χ4v) is 3.69. The number of carbonyl (C=O) groups is 1. The van der Waals surface area contributed by atoms with Gasteiger partial charge in [-0.3, -0.25) is 9.59 Å². The van der Waals surface area contributed by atoms with E-state index < -0.39 is 0 Å². The summed E-state index contributed by atoms with van der Waals surface area (Å²) in [6.07, 6.45) is 0. The molecule has 0 spiro atoms. The second-order valence-corrected chi connectivity index (χ2v) is 7.83. The van der Waals surface area contributed by atoms with E-state index in [9.17, 15) is 9.59 Å². The molecule has 0 atom stereocenters. The molecule has 0 saturated carbocycles. The number of para-hydroxylation sites is 1. The minimum Gasteiger partial charge on any atom is -0.378 e. The number of aromatic nitrogens is 2. The van der Waals surface area contributed by atoms with Gasteiger partial charge in [-0.15, -0.1) is 0 Å². The lowest BCUT2D eigenvalue weighted by molar-refractivity contribution is 0.0747. The monoisotopic (exact) mass is 426 g/mol. The molecule has 0 aliphatic carbocycles. The largest absolute Gasteiger partial charge is 0.378 e. The summed E-state index contributed by atoms with van der Waals surface area (Å²) in [5.74, 6) is -0.204. The Bertz CT molecular complexity index is 1300. The highest BCUT2D eigenvalue weighted by Gasteiger charge is 2.22. The van der Waals surface area contributed by atoms with E-state index in [1.54, 1.807) is 35.2 Å². The standard InChI is InChI=1S/C26H26N4O2/c1-4-29(18-19-14-16-20(17-15-19)28(2)3)26(32)24-22-12-8-9-13-23(22)25(31)30(27-24)21-10-6-5-7-11-21/h5-17H,4,18H2,1-3H3. The zero-order valence-electron chi connectivity index (χ0n) is 18.5. The highest BCUT2D eigenvalue weighted by molar-refractivity contribution is 6.04. The Morgan fingerprint density at radius 3 is 2.12 bits per heavy atom. The van der Waals surface area contributed by atoms with Gasteiger partial charge < -0.3 is 9.80 Å². The van der Waals surface area contributed by atoms with Crippen molar-refractivity contribution in [3.05, 3.63) is 100 Å². The van der Waals surface area contributed by atoms with Gasteiger partial charge in [0, 0.05) is 38.3 Å². The lowest BCUT2D eigenvalue weighted by Crippen LogP contribution is -2.33. The number of nitrogens with zero attached hydrogens (tertiary/aromatic N) is 4. The van der Waals surface area contributed by atoms with E-state index in [-0.39, 0.29) is 17.2 Å². The van der Waals surface area contributed by atoms with E-state index in [1.165, 1.54) is 4.68 Å². The minimum absolute atomic E-state index is 0.204. The maximum atomic E-state index is 13.6. The lowest BCUT2D eigenvalue weighted by Gasteiger charge is -2.22. The fraction of sp³-hybridized carbons (Fsp3) is 0.192. The molecule has 1 amide bonds. The summed E-state index contributed by atoms with van der Waals surface area (Å²) in [4.78, 5) is 30.5. The first-order valence-corrected chi connectivity index (χ1v) is 10.6. The number of hydrogen-bond acceptors (Lipinski definition) is 4. The molecule has 4 aromatic rings. The van der Waals surface area contributed by atoms with Gasteiger partial charge in [0.05, 0.1) is 11.1 Å². The molecule has 0 N–H and O–H groups in total. The van der Waals surface area contributed by atoms with Gasteiger partial charge >= 0.3 is 0 Å². The quantitative estimate of drug-likeness (QED) is 0.466. The maximum Gasteiger partial charge on any atom is 0.279 e. The second kappa shape index (κ2) is 9.06. The lowest BCUT2D eigenvalue weighted by atomic mass is 10.1. The molecule has 4 rings (SSSR count). The summed E-state index contributed by atoms with van der Waals surface area (Å²) in [6, 6.07) is 24.5. The van der Waals surface area contributed by atoms with Crippen molar-refractivity contribution in [2.24, 2.45) is 0 Å².